The second-order valence-electron chi connectivity index (χ2n) is 2.94. The number of anilines is 1. The zero-order chi connectivity index (χ0) is 9.97. The van der Waals surface area contributed by atoms with Crippen molar-refractivity contribution < 1.29 is 0 Å². The quantitative estimate of drug-likeness (QED) is 0.620. The molecule has 0 saturated heterocycles. The molecular formula is C10H10N4. The molecule has 70 valence electrons. The van der Waals surface area contributed by atoms with Gasteiger partial charge in [0.05, 0.1) is 17.6 Å². The van der Waals surface area contributed by atoms with Crippen molar-refractivity contribution in [3.05, 3.63) is 47.8 Å². The van der Waals surface area contributed by atoms with Crippen molar-refractivity contribution in [3.63, 3.8) is 0 Å². The largest absolute Gasteiger partial charge is 0.396 e. The Balaban J connectivity index is 2.39. The van der Waals surface area contributed by atoms with E-state index in [2.05, 4.69) is 10.2 Å². The summed E-state index contributed by atoms with van der Waals surface area (Å²) in [5.74, 6) is 0. The molecule has 0 amide bonds. The van der Waals surface area contributed by atoms with Crippen molar-refractivity contribution in [2.45, 2.75) is 0 Å². The van der Waals surface area contributed by atoms with Crippen LogP contribution in [0.5, 0.6) is 0 Å². The molecule has 4 N–H and O–H groups in total. The molecule has 2 aromatic rings. The Morgan fingerprint density at radius 1 is 1.29 bits per heavy atom. The van der Waals surface area contributed by atoms with E-state index < -0.39 is 0 Å². The van der Waals surface area contributed by atoms with Crippen LogP contribution in [0, 0.1) is 5.41 Å². The number of rotatable bonds is 2. The van der Waals surface area contributed by atoms with Crippen LogP contribution >= 0.6 is 0 Å². The number of aromatic nitrogens is 2. The molecule has 2 rings (SSSR count). The van der Waals surface area contributed by atoms with Crippen molar-refractivity contribution in [1.82, 2.24) is 10.2 Å². The number of nitrogens with one attached hydrogen (secondary N) is 2. The summed E-state index contributed by atoms with van der Waals surface area (Å²) in [6, 6.07) is 9.41. The minimum absolute atomic E-state index is 0.362. The van der Waals surface area contributed by atoms with E-state index in [1.807, 2.05) is 30.3 Å². The van der Waals surface area contributed by atoms with Gasteiger partial charge in [-0.1, -0.05) is 30.3 Å². The van der Waals surface area contributed by atoms with Crippen LogP contribution in [-0.4, -0.2) is 15.9 Å². The third-order valence-electron chi connectivity index (χ3n) is 1.98. The molecule has 0 saturated carbocycles. The summed E-state index contributed by atoms with van der Waals surface area (Å²) in [7, 11) is 0. The molecule has 4 nitrogen and oxygen atoms in total. The lowest BCUT2D eigenvalue weighted by molar-refractivity contribution is 1.08. The van der Waals surface area contributed by atoms with E-state index in [0.717, 1.165) is 5.56 Å². The minimum Gasteiger partial charge on any atom is -0.396 e. The predicted molar refractivity (Wildman–Crippen MR) is 55.4 cm³/mol. The Morgan fingerprint density at radius 2 is 2.00 bits per heavy atom. The van der Waals surface area contributed by atoms with Crippen LogP contribution in [0.15, 0.2) is 36.5 Å². The van der Waals surface area contributed by atoms with Crippen LogP contribution in [-0.2, 0) is 0 Å². The highest BCUT2D eigenvalue weighted by Crippen LogP contribution is 2.12. The molecule has 0 fully saturated rings. The van der Waals surface area contributed by atoms with Gasteiger partial charge in [0, 0.05) is 5.56 Å². The van der Waals surface area contributed by atoms with Crippen molar-refractivity contribution in [2.24, 2.45) is 0 Å². The van der Waals surface area contributed by atoms with Crippen molar-refractivity contribution >= 4 is 11.4 Å². The second-order valence-corrected chi connectivity index (χ2v) is 2.94. The number of hydrogen-bond donors (Lipinski definition) is 3. The highest BCUT2D eigenvalue weighted by molar-refractivity contribution is 6.12. The Labute approximate surface area is 81.3 Å². The van der Waals surface area contributed by atoms with Crippen LogP contribution in [0.3, 0.4) is 0 Å². The standard InChI is InChI=1S/C10H10N4/c11-8-6-13-14-10(8)9(12)7-4-2-1-3-5-7/h1-6,12H,11H2,(H,13,14). The summed E-state index contributed by atoms with van der Waals surface area (Å²) in [5, 5.41) is 14.4. The first-order valence-electron chi connectivity index (χ1n) is 4.22. The fourth-order valence-corrected chi connectivity index (χ4v) is 1.24. The number of nitrogen functional groups attached to an aromatic ring is 1. The number of H-pyrrole nitrogens is 1. The Kier molecular flexibility index (Phi) is 2.02. The van der Waals surface area contributed by atoms with E-state index in [4.69, 9.17) is 11.1 Å². The van der Waals surface area contributed by atoms with Crippen molar-refractivity contribution in [3.8, 4) is 0 Å². The summed E-state index contributed by atoms with van der Waals surface area (Å²) >= 11 is 0. The summed E-state index contributed by atoms with van der Waals surface area (Å²) < 4.78 is 0. The molecule has 0 spiro atoms. The fourth-order valence-electron chi connectivity index (χ4n) is 1.24. The van der Waals surface area contributed by atoms with E-state index in [1.54, 1.807) is 0 Å². The number of nitrogens with two attached hydrogens (primary N) is 1. The van der Waals surface area contributed by atoms with E-state index >= 15 is 0 Å². The lowest BCUT2D eigenvalue weighted by Crippen LogP contribution is -2.04. The van der Waals surface area contributed by atoms with Gasteiger partial charge in [-0.15, -0.1) is 0 Å². The molecule has 0 aliphatic heterocycles. The first-order valence-corrected chi connectivity index (χ1v) is 4.22. The molecule has 14 heavy (non-hydrogen) atoms. The maximum absolute atomic E-state index is 7.88. The zero-order valence-corrected chi connectivity index (χ0v) is 7.49. The van der Waals surface area contributed by atoms with Crippen molar-refractivity contribution in [1.29, 1.82) is 5.41 Å². The normalized spacial score (nSPS) is 10.0. The van der Waals surface area contributed by atoms with Crippen molar-refractivity contribution in [2.75, 3.05) is 5.73 Å². The van der Waals surface area contributed by atoms with Gasteiger partial charge in [0.25, 0.3) is 0 Å². The third-order valence-corrected chi connectivity index (χ3v) is 1.98. The average molecular weight is 186 g/mol. The maximum atomic E-state index is 7.88. The van der Waals surface area contributed by atoms with Gasteiger partial charge in [-0.3, -0.25) is 10.5 Å². The van der Waals surface area contributed by atoms with Gasteiger partial charge < -0.3 is 5.73 Å². The monoisotopic (exact) mass is 186 g/mol. The molecule has 0 aliphatic carbocycles. The summed E-state index contributed by atoms with van der Waals surface area (Å²) in [4.78, 5) is 0. The fraction of sp³-hybridized carbons (Fsp3) is 0. The SMILES string of the molecule is N=C(c1ccccc1)c1[nH]ncc1N. The molecule has 1 heterocycles. The third kappa shape index (κ3) is 1.37. The summed E-state index contributed by atoms with van der Waals surface area (Å²) in [6.07, 6.45) is 1.51. The Morgan fingerprint density at radius 3 is 2.57 bits per heavy atom. The van der Waals surface area contributed by atoms with Crippen LogP contribution in [0.1, 0.15) is 11.3 Å². The lowest BCUT2D eigenvalue weighted by atomic mass is 10.1. The van der Waals surface area contributed by atoms with Gasteiger partial charge in [0.15, 0.2) is 0 Å². The van der Waals surface area contributed by atoms with Crippen LogP contribution in [0.2, 0.25) is 0 Å². The number of benzene rings is 1. The first kappa shape index (κ1) is 8.50. The minimum atomic E-state index is 0.362. The smallest absolute Gasteiger partial charge is 0.106 e. The summed E-state index contributed by atoms with van der Waals surface area (Å²) in [5.41, 5.74) is 7.89. The lowest BCUT2D eigenvalue weighted by Gasteiger charge is -2.01. The number of aromatic amines is 1. The highest BCUT2D eigenvalue weighted by atomic mass is 15.1. The summed E-state index contributed by atoms with van der Waals surface area (Å²) in [6.45, 7) is 0. The van der Waals surface area contributed by atoms with Crippen LogP contribution < -0.4 is 5.73 Å². The van der Waals surface area contributed by atoms with E-state index in [9.17, 15) is 0 Å². The average Bonchev–Trinajstić information content (AvgIpc) is 2.65. The molecule has 0 unspecified atom stereocenters. The Hall–Kier alpha value is -2.10. The Bertz CT molecular complexity index is 444. The topological polar surface area (TPSA) is 78.5 Å². The molecule has 1 aromatic heterocycles. The molecule has 0 radical (unpaired) electrons. The number of hydrogen-bond acceptors (Lipinski definition) is 3. The molecule has 1 aromatic carbocycles. The van der Waals surface area contributed by atoms with E-state index in [0.29, 0.717) is 17.1 Å². The molecule has 0 aliphatic rings. The molecule has 0 atom stereocenters. The van der Waals surface area contributed by atoms with Gasteiger partial charge in [0.2, 0.25) is 0 Å². The highest BCUT2D eigenvalue weighted by Gasteiger charge is 2.08. The molecule has 0 bridgehead atoms. The van der Waals surface area contributed by atoms with Crippen LogP contribution in [0.4, 0.5) is 5.69 Å². The number of nitrogens with zero attached hydrogens (tertiary/aromatic N) is 1. The van der Waals surface area contributed by atoms with E-state index in [1.165, 1.54) is 6.20 Å². The first-order chi connectivity index (χ1) is 6.79. The zero-order valence-electron chi connectivity index (χ0n) is 7.49. The van der Waals surface area contributed by atoms with Gasteiger partial charge in [0.1, 0.15) is 5.69 Å². The van der Waals surface area contributed by atoms with E-state index in [-0.39, 0.29) is 0 Å². The molecule has 4 heteroatoms. The van der Waals surface area contributed by atoms with Gasteiger partial charge in [-0.2, -0.15) is 5.10 Å². The molecular weight excluding hydrogens is 176 g/mol. The maximum Gasteiger partial charge on any atom is 0.106 e. The van der Waals surface area contributed by atoms with Gasteiger partial charge in [-0.05, 0) is 0 Å². The van der Waals surface area contributed by atoms with Gasteiger partial charge >= 0.3 is 0 Å². The predicted octanol–water partition coefficient (Wildman–Crippen LogP) is 1.41. The van der Waals surface area contributed by atoms with Gasteiger partial charge in [-0.25, -0.2) is 0 Å². The second kappa shape index (κ2) is 3.33. The van der Waals surface area contributed by atoms with Crippen LogP contribution in [0.25, 0.3) is 0 Å².